The fourth-order valence-electron chi connectivity index (χ4n) is 1.52. The first kappa shape index (κ1) is 16.8. The maximum atomic E-state index is 5.29. The van der Waals surface area contributed by atoms with Gasteiger partial charge < -0.3 is 19.5 Å². The van der Waals surface area contributed by atoms with Crippen molar-refractivity contribution in [3.05, 3.63) is 30.4 Å². The maximum Gasteiger partial charge on any atom is 0.187 e. The fourth-order valence-corrected chi connectivity index (χ4v) is 1.65. The van der Waals surface area contributed by atoms with Crippen molar-refractivity contribution in [2.24, 2.45) is 5.10 Å². The van der Waals surface area contributed by atoms with Crippen LogP contribution in [0.1, 0.15) is 5.56 Å². The molecular formula is C14H19N3O3S. The van der Waals surface area contributed by atoms with E-state index in [-0.39, 0.29) is 0 Å². The number of thiocarbonyl (C=S) groups is 1. The van der Waals surface area contributed by atoms with Gasteiger partial charge in [-0.25, -0.2) is 0 Å². The molecule has 0 bridgehead atoms. The molecule has 0 unspecified atom stereocenters. The summed E-state index contributed by atoms with van der Waals surface area (Å²) in [4.78, 5) is 0. The molecule has 0 aliphatic heterocycles. The molecule has 0 radical (unpaired) electrons. The number of hydrogen-bond acceptors (Lipinski definition) is 5. The maximum absolute atomic E-state index is 5.29. The number of nitrogens with one attached hydrogen (secondary N) is 2. The van der Waals surface area contributed by atoms with E-state index in [0.717, 1.165) is 5.56 Å². The fraction of sp³-hybridized carbons (Fsp3) is 0.286. The molecule has 7 heteroatoms. The lowest BCUT2D eigenvalue weighted by atomic mass is 10.2. The first-order chi connectivity index (χ1) is 10.2. The molecule has 1 rings (SSSR count). The average molecular weight is 309 g/mol. The molecule has 0 heterocycles. The van der Waals surface area contributed by atoms with Crippen molar-refractivity contribution in [3.63, 3.8) is 0 Å². The largest absolute Gasteiger partial charge is 0.496 e. The highest BCUT2D eigenvalue weighted by molar-refractivity contribution is 7.80. The van der Waals surface area contributed by atoms with Crippen LogP contribution in [0.15, 0.2) is 29.9 Å². The minimum atomic E-state index is 0.408. The summed E-state index contributed by atoms with van der Waals surface area (Å²) in [7, 11) is 4.70. The Bertz CT molecular complexity index is 532. The van der Waals surface area contributed by atoms with E-state index in [1.807, 2.05) is 0 Å². The van der Waals surface area contributed by atoms with E-state index in [4.69, 9.17) is 26.4 Å². The molecule has 0 fully saturated rings. The normalized spacial score (nSPS) is 10.0. The van der Waals surface area contributed by atoms with Crippen LogP contribution in [0.5, 0.6) is 17.2 Å². The molecule has 0 aromatic heterocycles. The summed E-state index contributed by atoms with van der Waals surface area (Å²) >= 11 is 5.02. The molecule has 0 saturated heterocycles. The zero-order valence-electron chi connectivity index (χ0n) is 12.3. The molecule has 0 saturated carbocycles. The van der Waals surface area contributed by atoms with E-state index in [1.54, 1.807) is 45.8 Å². The van der Waals surface area contributed by atoms with Crippen molar-refractivity contribution in [3.8, 4) is 17.2 Å². The molecule has 0 atom stereocenters. The van der Waals surface area contributed by atoms with E-state index >= 15 is 0 Å². The Kier molecular flexibility index (Phi) is 7.03. The number of nitrogens with zero attached hydrogens (tertiary/aromatic N) is 1. The minimum Gasteiger partial charge on any atom is -0.496 e. The van der Waals surface area contributed by atoms with Crippen LogP contribution in [0, 0.1) is 0 Å². The molecule has 0 spiro atoms. The van der Waals surface area contributed by atoms with Gasteiger partial charge in [0.2, 0.25) is 0 Å². The van der Waals surface area contributed by atoms with Crippen LogP contribution in [-0.4, -0.2) is 39.2 Å². The molecule has 21 heavy (non-hydrogen) atoms. The first-order valence-electron chi connectivity index (χ1n) is 6.14. The molecule has 6 nitrogen and oxygen atoms in total. The average Bonchev–Trinajstić information content (AvgIpc) is 2.52. The predicted molar refractivity (Wildman–Crippen MR) is 87.6 cm³/mol. The number of ether oxygens (including phenoxy) is 3. The molecule has 2 N–H and O–H groups in total. The van der Waals surface area contributed by atoms with Crippen LogP contribution in [0.25, 0.3) is 0 Å². The molecule has 1 aromatic carbocycles. The van der Waals surface area contributed by atoms with Crippen molar-refractivity contribution in [1.82, 2.24) is 10.7 Å². The Morgan fingerprint density at radius 1 is 1.19 bits per heavy atom. The Balaban J connectivity index is 2.86. The Morgan fingerprint density at radius 2 is 1.81 bits per heavy atom. The number of benzene rings is 1. The third-order valence-electron chi connectivity index (χ3n) is 2.51. The van der Waals surface area contributed by atoms with Gasteiger partial charge in [-0.15, -0.1) is 6.58 Å². The van der Waals surface area contributed by atoms with E-state index in [9.17, 15) is 0 Å². The van der Waals surface area contributed by atoms with Crippen LogP contribution in [0.2, 0.25) is 0 Å². The molecule has 0 aliphatic carbocycles. The summed E-state index contributed by atoms with van der Waals surface area (Å²) in [6, 6.07) is 3.50. The standard InChI is InChI=1S/C14H19N3O3S/c1-5-6-15-14(21)17-16-9-10-7-12(19-3)13(20-4)8-11(10)18-2/h5,7-9H,1,6H2,2-4H3,(H2,15,17,21). The van der Waals surface area contributed by atoms with Gasteiger partial charge in [-0.1, -0.05) is 6.08 Å². The zero-order chi connectivity index (χ0) is 15.7. The molecular weight excluding hydrogens is 290 g/mol. The third kappa shape index (κ3) is 4.96. The molecule has 114 valence electrons. The van der Waals surface area contributed by atoms with Crippen molar-refractivity contribution in [2.75, 3.05) is 27.9 Å². The second kappa shape index (κ2) is 8.80. The van der Waals surface area contributed by atoms with E-state index < -0.39 is 0 Å². The number of hydrazone groups is 1. The third-order valence-corrected chi connectivity index (χ3v) is 2.75. The highest BCUT2D eigenvalue weighted by Crippen LogP contribution is 2.33. The monoisotopic (exact) mass is 309 g/mol. The van der Waals surface area contributed by atoms with Gasteiger partial charge in [0.05, 0.1) is 27.5 Å². The smallest absolute Gasteiger partial charge is 0.187 e. The van der Waals surface area contributed by atoms with Gasteiger partial charge in [-0.3, -0.25) is 5.43 Å². The second-order valence-electron chi connectivity index (χ2n) is 3.82. The van der Waals surface area contributed by atoms with Crippen molar-refractivity contribution in [2.45, 2.75) is 0 Å². The lowest BCUT2D eigenvalue weighted by Crippen LogP contribution is -2.31. The van der Waals surface area contributed by atoms with Crippen molar-refractivity contribution in [1.29, 1.82) is 0 Å². The van der Waals surface area contributed by atoms with Crippen LogP contribution in [0.4, 0.5) is 0 Å². The summed E-state index contributed by atoms with van der Waals surface area (Å²) < 4.78 is 15.8. The lowest BCUT2D eigenvalue weighted by Gasteiger charge is -2.11. The van der Waals surface area contributed by atoms with Gasteiger partial charge in [0.15, 0.2) is 16.6 Å². The zero-order valence-corrected chi connectivity index (χ0v) is 13.1. The molecule has 0 aliphatic rings. The summed E-state index contributed by atoms with van der Waals surface area (Å²) in [5.41, 5.74) is 3.43. The first-order valence-corrected chi connectivity index (χ1v) is 6.54. The Hall–Kier alpha value is -2.28. The van der Waals surface area contributed by atoms with Crippen molar-refractivity contribution < 1.29 is 14.2 Å². The Labute approximate surface area is 129 Å². The van der Waals surface area contributed by atoms with Gasteiger partial charge in [0, 0.05) is 18.2 Å². The summed E-state index contributed by atoms with van der Waals surface area (Å²) in [5, 5.41) is 7.35. The van der Waals surface area contributed by atoms with Crippen LogP contribution >= 0.6 is 12.2 Å². The number of rotatable bonds is 7. The van der Waals surface area contributed by atoms with Crippen molar-refractivity contribution >= 4 is 23.5 Å². The van der Waals surface area contributed by atoms with Gasteiger partial charge in [-0.2, -0.15) is 5.10 Å². The van der Waals surface area contributed by atoms with Crippen LogP contribution in [-0.2, 0) is 0 Å². The summed E-state index contributed by atoms with van der Waals surface area (Å²) in [5.74, 6) is 1.79. The van der Waals surface area contributed by atoms with Gasteiger partial charge in [-0.05, 0) is 18.3 Å². The SMILES string of the molecule is C=CCNC(=S)NN=Cc1cc(OC)c(OC)cc1OC. The van der Waals surface area contributed by atoms with Gasteiger partial charge in [0.1, 0.15) is 5.75 Å². The van der Waals surface area contributed by atoms with E-state index in [0.29, 0.717) is 28.9 Å². The lowest BCUT2D eigenvalue weighted by molar-refractivity contribution is 0.349. The molecule has 1 aromatic rings. The molecule has 0 amide bonds. The topological polar surface area (TPSA) is 64.1 Å². The second-order valence-corrected chi connectivity index (χ2v) is 4.23. The van der Waals surface area contributed by atoms with Crippen LogP contribution < -0.4 is 25.0 Å². The summed E-state index contributed by atoms with van der Waals surface area (Å²) in [6.45, 7) is 4.16. The quantitative estimate of drug-likeness (QED) is 0.346. The summed E-state index contributed by atoms with van der Waals surface area (Å²) in [6.07, 6.45) is 3.29. The van der Waals surface area contributed by atoms with Gasteiger partial charge >= 0.3 is 0 Å². The van der Waals surface area contributed by atoms with E-state index in [1.165, 1.54) is 0 Å². The van der Waals surface area contributed by atoms with Crippen LogP contribution in [0.3, 0.4) is 0 Å². The minimum absolute atomic E-state index is 0.408. The Morgan fingerprint density at radius 3 is 2.38 bits per heavy atom. The highest BCUT2D eigenvalue weighted by Gasteiger charge is 2.10. The number of hydrogen-bond donors (Lipinski definition) is 2. The number of methoxy groups -OCH3 is 3. The highest BCUT2D eigenvalue weighted by atomic mass is 32.1. The predicted octanol–water partition coefficient (Wildman–Crippen LogP) is 1.70. The van der Waals surface area contributed by atoms with E-state index in [2.05, 4.69) is 22.4 Å². The van der Waals surface area contributed by atoms with Gasteiger partial charge in [0.25, 0.3) is 0 Å².